The van der Waals surface area contributed by atoms with Crippen LogP contribution in [0.1, 0.15) is 22.8 Å². The van der Waals surface area contributed by atoms with Crippen LogP contribution in [-0.2, 0) is 11.3 Å². The largest absolute Gasteiger partial charge is 0.497 e. The number of hydrogen-bond donors (Lipinski definition) is 2. The molecule has 1 saturated heterocycles. The summed E-state index contributed by atoms with van der Waals surface area (Å²) in [5.74, 6) is 0.442. The quantitative estimate of drug-likeness (QED) is 0.525. The molecule has 32 heavy (non-hydrogen) atoms. The summed E-state index contributed by atoms with van der Waals surface area (Å²) in [5.41, 5.74) is 1.94. The van der Waals surface area contributed by atoms with Gasteiger partial charge in [-0.05, 0) is 48.9 Å². The van der Waals surface area contributed by atoms with E-state index >= 15 is 0 Å². The molecule has 0 atom stereocenters. The minimum Gasteiger partial charge on any atom is -0.497 e. The summed E-state index contributed by atoms with van der Waals surface area (Å²) in [6, 6.07) is 14.2. The molecule has 0 aromatic heterocycles. The molecule has 3 rings (SSSR count). The zero-order chi connectivity index (χ0) is 22.9. The fourth-order valence-corrected chi connectivity index (χ4v) is 3.30. The fourth-order valence-electron chi connectivity index (χ4n) is 3.30. The third-order valence-electron chi connectivity index (χ3n) is 5.04. The molecule has 0 bridgehead atoms. The van der Waals surface area contributed by atoms with E-state index in [0.29, 0.717) is 45.3 Å². The van der Waals surface area contributed by atoms with E-state index in [1.807, 2.05) is 24.3 Å². The lowest BCUT2D eigenvalue weighted by molar-refractivity contribution is 0.0696. The van der Waals surface area contributed by atoms with Gasteiger partial charge in [-0.15, -0.1) is 0 Å². The molecular weight excluding hydrogens is 412 g/mol. The van der Waals surface area contributed by atoms with E-state index in [9.17, 15) is 9.59 Å². The minimum absolute atomic E-state index is 0.216. The summed E-state index contributed by atoms with van der Waals surface area (Å²) in [5, 5.41) is 12.4. The monoisotopic (exact) mass is 440 g/mol. The molecule has 0 unspecified atom stereocenters. The Hall–Kier alpha value is -3.75. The smallest absolute Gasteiger partial charge is 0.409 e. The molecule has 2 aromatic carbocycles. The normalized spacial score (nSPS) is 14.1. The zero-order valence-corrected chi connectivity index (χ0v) is 18.3. The van der Waals surface area contributed by atoms with E-state index in [-0.39, 0.29) is 11.7 Å². The maximum Gasteiger partial charge on any atom is 0.409 e. The van der Waals surface area contributed by atoms with E-state index in [1.54, 1.807) is 43.2 Å². The van der Waals surface area contributed by atoms with Crippen molar-refractivity contribution in [3.63, 3.8) is 0 Å². The third kappa shape index (κ3) is 6.13. The standard InChI is InChI=1S/C23H28N4O5/c1-3-32-23(30)27-13-11-26(12-14-27)22(24-16-17-5-4-6-20(15-17)31-2)25-19-9-7-18(8-10-19)21(28)29/h4-10,15H,3,11-14,16H2,1-2H3,(H,24,25)(H,28,29). The van der Waals surface area contributed by atoms with E-state index in [1.165, 1.54) is 0 Å². The Balaban J connectivity index is 1.76. The van der Waals surface area contributed by atoms with Crippen LogP contribution < -0.4 is 10.1 Å². The average molecular weight is 441 g/mol. The van der Waals surface area contributed by atoms with Gasteiger partial charge < -0.3 is 29.7 Å². The molecule has 9 nitrogen and oxygen atoms in total. The molecule has 2 aromatic rings. The van der Waals surface area contributed by atoms with Crippen LogP contribution in [0.15, 0.2) is 53.5 Å². The van der Waals surface area contributed by atoms with Gasteiger partial charge in [-0.2, -0.15) is 0 Å². The molecule has 1 aliphatic rings. The van der Waals surface area contributed by atoms with Crippen LogP contribution in [0.25, 0.3) is 0 Å². The first kappa shape index (κ1) is 22.9. The highest BCUT2D eigenvalue weighted by molar-refractivity contribution is 5.95. The van der Waals surface area contributed by atoms with Gasteiger partial charge in [0, 0.05) is 31.9 Å². The number of carboxylic acid groups (broad SMARTS) is 1. The van der Waals surface area contributed by atoms with Crippen molar-refractivity contribution in [2.45, 2.75) is 13.5 Å². The molecule has 170 valence electrons. The SMILES string of the molecule is CCOC(=O)N1CCN(C(=NCc2cccc(OC)c2)Nc2ccc(C(=O)O)cc2)CC1. The van der Waals surface area contributed by atoms with Crippen molar-refractivity contribution in [1.82, 2.24) is 9.80 Å². The van der Waals surface area contributed by atoms with Crippen molar-refractivity contribution in [1.29, 1.82) is 0 Å². The maximum absolute atomic E-state index is 12.0. The van der Waals surface area contributed by atoms with Crippen molar-refractivity contribution in [3.8, 4) is 5.75 Å². The minimum atomic E-state index is -0.974. The number of ether oxygens (including phenoxy) is 2. The molecular formula is C23H28N4O5. The number of guanidine groups is 1. The van der Waals surface area contributed by atoms with Crippen LogP contribution in [0.2, 0.25) is 0 Å². The Labute approximate surface area is 187 Å². The first-order chi connectivity index (χ1) is 15.5. The van der Waals surface area contributed by atoms with Crippen LogP contribution in [0.3, 0.4) is 0 Å². The number of hydrogen-bond acceptors (Lipinski definition) is 5. The van der Waals surface area contributed by atoms with E-state index in [4.69, 9.17) is 19.6 Å². The highest BCUT2D eigenvalue weighted by Gasteiger charge is 2.24. The summed E-state index contributed by atoms with van der Waals surface area (Å²) in [4.78, 5) is 31.7. The Kier molecular flexibility index (Phi) is 7.91. The second kappa shape index (κ2) is 11.0. The Bertz CT molecular complexity index is 953. The third-order valence-corrected chi connectivity index (χ3v) is 5.04. The summed E-state index contributed by atoms with van der Waals surface area (Å²) in [6.07, 6.45) is -0.306. The fraction of sp³-hybridized carbons (Fsp3) is 0.348. The molecule has 9 heteroatoms. The van der Waals surface area contributed by atoms with Gasteiger partial charge in [-0.3, -0.25) is 0 Å². The lowest BCUT2D eigenvalue weighted by Gasteiger charge is -2.36. The molecule has 0 saturated carbocycles. The van der Waals surface area contributed by atoms with Crippen LogP contribution >= 0.6 is 0 Å². The van der Waals surface area contributed by atoms with Gasteiger partial charge in [-0.25, -0.2) is 14.6 Å². The number of aliphatic imine (C=N–C) groups is 1. The summed E-state index contributed by atoms with van der Waals surface area (Å²) >= 11 is 0. The van der Waals surface area contributed by atoms with Gasteiger partial charge >= 0.3 is 12.1 Å². The molecule has 0 spiro atoms. The van der Waals surface area contributed by atoms with Crippen molar-refractivity contribution in [2.24, 2.45) is 4.99 Å². The number of amides is 1. The highest BCUT2D eigenvalue weighted by atomic mass is 16.6. The number of nitrogens with one attached hydrogen (secondary N) is 1. The molecule has 0 radical (unpaired) electrons. The number of carboxylic acids is 1. The number of carbonyl (C=O) groups excluding carboxylic acids is 1. The molecule has 1 fully saturated rings. The van der Waals surface area contributed by atoms with Gasteiger partial charge in [-0.1, -0.05) is 12.1 Å². The summed E-state index contributed by atoms with van der Waals surface area (Å²) in [7, 11) is 1.62. The Morgan fingerprint density at radius 1 is 1.06 bits per heavy atom. The number of methoxy groups -OCH3 is 1. The van der Waals surface area contributed by atoms with E-state index < -0.39 is 5.97 Å². The van der Waals surface area contributed by atoms with Gasteiger partial charge in [0.2, 0.25) is 0 Å². The number of piperazine rings is 1. The van der Waals surface area contributed by atoms with Crippen molar-refractivity contribution in [3.05, 3.63) is 59.7 Å². The van der Waals surface area contributed by atoms with Crippen LogP contribution in [0, 0.1) is 0 Å². The van der Waals surface area contributed by atoms with E-state index in [0.717, 1.165) is 17.0 Å². The average Bonchev–Trinajstić information content (AvgIpc) is 2.82. The number of aromatic carboxylic acids is 1. The molecule has 2 N–H and O–H groups in total. The molecule has 1 amide bonds. The first-order valence-electron chi connectivity index (χ1n) is 10.4. The first-order valence-corrected chi connectivity index (χ1v) is 10.4. The summed E-state index contributed by atoms with van der Waals surface area (Å²) < 4.78 is 10.4. The predicted octanol–water partition coefficient (Wildman–Crippen LogP) is 3.14. The van der Waals surface area contributed by atoms with Crippen molar-refractivity contribution in [2.75, 3.05) is 45.2 Å². The second-order valence-electron chi connectivity index (χ2n) is 7.17. The van der Waals surface area contributed by atoms with Crippen molar-refractivity contribution < 1.29 is 24.2 Å². The van der Waals surface area contributed by atoms with E-state index in [2.05, 4.69) is 10.2 Å². The van der Waals surface area contributed by atoms with Crippen molar-refractivity contribution >= 4 is 23.7 Å². The Morgan fingerprint density at radius 2 is 1.75 bits per heavy atom. The second-order valence-corrected chi connectivity index (χ2v) is 7.17. The zero-order valence-electron chi connectivity index (χ0n) is 18.3. The lowest BCUT2D eigenvalue weighted by Crippen LogP contribution is -2.52. The van der Waals surface area contributed by atoms with Crippen LogP contribution in [0.5, 0.6) is 5.75 Å². The lowest BCUT2D eigenvalue weighted by atomic mass is 10.2. The number of nitrogens with zero attached hydrogens (tertiary/aromatic N) is 3. The predicted molar refractivity (Wildman–Crippen MR) is 121 cm³/mol. The number of benzene rings is 2. The maximum atomic E-state index is 12.0. The summed E-state index contributed by atoms with van der Waals surface area (Å²) in [6.45, 7) is 4.81. The van der Waals surface area contributed by atoms with Crippen LogP contribution in [-0.4, -0.2) is 72.8 Å². The number of anilines is 1. The molecule has 1 aliphatic heterocycles. The van der Waals surface area contributed by atoms with Gasteiger partial charge in [0.1, 0.15) is 5.75 Å². The van der Waals surface area contributed by atoms with Gasteiger partial charge in [0.15, 0.2) is 5.96 Å². The molecule has 0 aliphatic carbocycles. The topological polar surface area (TPSA) is 104 Å². The van der Waals surface area contributed by atoms with Gasteiger partial charge in [0.25, 0.3) is 0 Å². The molecule has 1 heterocycles. The Morgan fingerprint density at radius 3 is 2.38 bits per heavy atom. The number of rotatable bonds is 6. The highest BCUT2D eigenvalue weighted by Crippen LogP contribution is 2.16. The van der Waals surface area contributed by atoms with Crippen LogP contribution in [0.4, 0.5) is 10.5 Å². The van der Waals surface area contributed by atoms with Gasteiger partial charge in [0.05, 0.1) is 25.8 Å². The number of carbonyl (C=O) groups is 2.